The molecule has 0 unspecified atom stereocenters. The number of carbonyl (C=O) groups is 3. The van der Waals surface area contributed by atoms with Crippen LogP contribution in [0.2, 0.25) is 0 Å². The van der Waals surface area contributed by atoms with Crippen LogP contribution in [0.3, 0.4) is 0 Å². The molecule has 0 saturated heterocycles. The molecular formula is C19H16N2O4. The van der Waals surface area contributed by atoms with Gasteiger partial charge in [-0.1, -0.05) is 36.3 Å². The van der Waals surface area contributed by atoms with Crippen LogP contribution >= 0.6 is 0 Å². The monoisotopic (exact) mass is 336 g/mol. The third kappa shape index (κ3) is 5.22. The van der Waals surface area contributed by atoms with Gasteiger partial charge in [0.1, 0.15) is 0 Å². The molecule has 0 fully saturated rings. The molecule has 2 rings (SSSR count). The minimum absolute atomic E-state index is 0.0557. The fourth-order valence-electron chi connectivity index (χ4n) is 1.96. The van der Waals surface area contributed by atoms with Gasteiger partial charge in [-0.25, -0.2) is 4.79 Å². The van der Waals surface area contributed by atoms with E-state index in [1.54, 1.807) is 48.5 Å². The molecule has 0 aliphatic heterocycles. The summed E-state index contributed by atoms with van der Waals surface area (Å²) in [6, 6.07) is 15.0. The van der Waals surface area contributed by atoms with Gasteiger partial charge in [0, 0.05) is 5.56 Å². The van der Waals surface area contributed by atoms with E-state index in [1.165, 1.54) is 6.07 Å². The molecule has 2 amide bonds. The number of hydrogen-bond donors (Lipinski definition) is 2. The molecule has 25 heavy (non-hydrogen) atoms. The highest BCUT2D eigenvalue weighted by molar-refractivity contribution is 6.08. The number of amides is 2. The van der Waals surface area contributed by atoms with Crippen LogP contribution in [0.25, 0.3) is 0 Å². The summed E-state index contributed by atoms with van der Waals surface area (Å²) in [5.41, 5.74) is 0.904. The number of hydrogen-bond acceptors (Lipinski definition) is 4. The molecule has 6 heteroatoms. The van der Waals surface area contributed by atoms with Gasteiger partial charge in [0.05, 0.1) is 17.8 Å². The van der Waals surface area contributed by atoms with Gasteiger partial charge in [0.15, 0.2) is 6.61 Å². The average Bonchev–Trinajstić information content (AvgIpc) is 2.65. The Morgan fingerprint density at radius 2 is 1.68 bits per heavy atom. The maximum atomic E-state index is 12.2. The number of benzene rings is 2. The van der Waals surface area contributed by atoms with E-state index in [1.807, 2.05) is 0 Å². The van der Waals surface area contributed by atoms with Crippen molar-refractivity contribution in [3.05, 3.63) is 65.7 Å². The first kappa shape index (κ1) is 17.8. The van der Waals surface area contributed by atoms with E-state index >= 15 is 0 Å². The van der Waals surface area contributed by atoms with Crippen molar-refractivity contribution in [1.82, 2.24) is 5.32 Å². The second-order valence-corrected chi connectivity index (χ2v) is 4.92. The van der Waals surface area contributed by atoms with Gasteiger partial charge in [-0.15, -0.1) is 6.42 Å². The standard InChI is InChI=1S/C19H16N2O4/c1-2-12-20-17(22)13-25-19(24)15-10-6-7-11-16(15)21-18(23)14-8-4-3-5-9-14/h1,3-11H,12-13H2,(H,20,22)(H,21,23). The van der Waals surface area contributed by atoms with Gasteiger partial charge < -0.3 is 15.4 Å². The SMILES string of the molecule is C#CCNC(=O)COC(=O)c1ccccc1NC(=O)c1ccccc1. The van der Waals surface area contributed by atoms with Gasteiger partial charge in [0.25, 0.3) is 11.8 Å². The first-order valence-electron chi connectivity index (χ1n) is 7.44. The molecule has 2 N–H and O–H groups in total. The number of nitrogens with one attached hydrogen (secondary N) is 2. The van der Waals surface area contributed by atoms with E-state index in [0.717, 1.165) is 0 Å². The fraction of sp³-hybridized carbons (Fsp3) is 0.105. The lowest BCUT2D eigenvalue weighted by Gasteiger charge is -2.11. The molecule has 0 spiro atoms. The maximum absolute atomic E-state index is 12.2. The van der Waals surface area contributed by atoms with Crippen molar-refractivity contribution in [2.45, 2.75) is 0 Å². The fourth-order valence-corrected chi connectivity index (χ4v) is 1.96. The number of carbonyl (C=O) groups excluding carboxylic acids is 3. The Balaban J connectivity index is 2.05. The van der Waals surface area contributed by atoms with Crippen LogP contribution in [-0.2, 0) is 9.53 Å². The molecule has 0 aliphatic carbocycles. The van der Waals surface area contributed by atoms with Crippen molar-refractivity contribution in [3.8, 4) is 12.3 Å². The predicted octanol–water partition coefficient (Wildman–Crippen LogP) is 1.85. The summed E-state index contributed by atoms with van der Waals surface area (Å²) in [6.45, 7) is -0.401. The summed E-state index contributed by atoms with van der Waals surface area (Å²) in [7, 11) is 0. The summed E-state index contributed by atoms with van der Waals surface area (Å²) < 4.78 is 4.94. The van der Waals surface area contributed by atoms with E-state index in [2.05, 4.69) is 16.6 Å². The van der Waals surface area contributed by atoms with Crippen LogP contribution in [0.15, 0.2) is 54.6 Å². The molecule has 0 aliphatic rings. The zero-order valence-corrected chi connectivity index (χ0v) is 13.3. The quantitative estimate of drug-likeness (QED) is 0.623. The zero-order valence-electron chi connectivity index (χ0n) is 13.3. The van der Waals surface area contributed by atoms with Crippen LogP contribution in [0, 0.1) is 12.3 Å². The van der Waals surface area contributed by atoms with Gasteiger partial charge in [0.2, 0.25) is 0 Å². The van der Waals surface area contributed by atoms with E-state index in [4.69, 9.17) is 11.2 Å². The number of anilines is 1. The molecule has 0 radical (unpaired) electrons. The number of para-hydroxylation sites is 1. The minimum atomic E-state index is -0.722. The second-order valence-electron chi connectivity index (χ2n) is 4.92. The normalized spacial score (nSPS) is 9.56. The van der Waals surface area contributed by atoms with Gasteiger partial charge in [-0.3, -0.25) is 9.59 Å². The van der Waals surface area contributed by atoms with Crippen LogP contribution in [-0.4, -0.2) is 30.9 Å². The topological polar surface area (TPSA) is 84.5 Å². The number of rotatable bonds is 6. The summed E-state index contributed by atoms with van der Waals surface area (Å²) in [5, 5.41) is 5.05. The van der Waals surface area contributed by atoms with Crippen molar-refractivity contribution >= 4 is 23.5 Å². The van der Waals surface area contributed by atoms with Crippen molar-refractivity contribution in [2.24, 2.45) is 0 Å². The smallest absolute Gasteiger partial charge is 0.340 e. The molecule has 2 aromatic rings. The lowest BCUT2D eigenvalue weighted by Crippen LogP contribution is -2.29. The van der Waals surface area contributed by atoms with Crippen LogP contribution in [0.5, 0.6) is 0 Å². The summed E-state index contributed by atoms with van der Waals surface area (Å²) in [4.78, 5) is 35.8. The van der Waals surface area contributed by atoms with Gasteiger partial charge in [-0.2, -0.15) is 0 Å². The molecular weight excluding hydrogens is 320 g/mol. The highest BCUT2D eigenvalue weighted by Gasteiger charge is 2.16. The molecule has 0 heterocycles. The molecule has 6 nitrogen and oxygen atoms in total. The molecule has 0 bridgehead atoms. The molecule has 126 valence electrons. The van der Waals surface area contributed by atoms with Crippen molar-refractivity contribution in [2.75, 3.05) is 18.5 Å². The first-order valence-corrected chi connectivity index (χ1v) is 7.44. The molecule has 0 aromatic heterocycles. The van der Waals surface area contributed by atoms with Crippen LogP contribution in [0.1, 0.15) is 20.7 Å². The minimum Gasteiger partial charge on any atom is -0.452 e. The molecule has 0 saturated carbocycles. The van der Waals surface area contributed by atoms with E-state index < -0.39 is 18.5 Å². The number of esters is 1. The average molecular weight is 336 g/mol. The van der Waals surface area contributed by atoms with Crippen molar-refractivity contribution in [3.63, 3.8) is 0 Å². The van der Waals surface area contributed by atoms with Crippen molar-refractivity contribution < 1.29 is 19.1 Å². The molecule has 2 aromatic carbocycles. The Bertz CT molecular complexity index is 810. The summed E-state index contributed by atoms with van der Waals surface area (Å²) in [6.07, 6.45) is 5.03. The lowest BCUT2D eigenvalue weighted by molar-refractivity contribution is -0.123. The summed E-state index contributed by atoms with van der Waals surface area (Å²) >= 11 is 0. The number of terminal acetylenes is 1. The highest BCUT2D eigenvalue weighted by Crippen LogP contribution is 2.17. The molecule has 0 atom stereocenters. The third-order valence-electron chi connectivity index (χ3n) is 3.15. The number of ether oxygens (including phenoxy) is 1. The van der Waals surface area contributed by atoms with Gasteiger partial charge >= 0.3 is 5.97 Å². The zero-order chi connectivity index (χ0) is 18.1. The Kier molecular flexibility index (Phi) is 6.32. The predicted molar refractivity (Wildman–Crippen MR) is 93.0 cm³/mol. The van der Waals surface area contributed by atoms with E-state index in [0.29, 0.717) is 11.3 Å². The second kappa shape index (κ2) is 8.89. The Morgan fingerprint density at radius 1 is 1.00 bits per heavy atom. The summed E-state index contributed by atoms with van der Waals surface area (Å²) in [5.74, 6) is 0.665. The van der Waals surface area contributed by atoms with E-state index in [9.17, 15) is 14.4 Å². The third-order valence-corrected chi connectivity index (χ3v) is 3.15. The highest BCUT2D eigenvalue weighted by atomic mass is 16.5. The Morgan fingerprint density at radius 3 is 2.40 bits per heavy atom. The van der Waals surface area contributed by atoms with Crippen LogP contribution in [0.4, 0.5) is 5.69 Å². The van der Waals surface area contributed by atoms with Gasteiger partial charge in [-0.05, 0) is 24.3 Å². The maximum Gasteiger partial charge on any atom is 0.340 e. The lowest BCUT2D eigenvalue weighted by atomic mass is 10.1. The van der Waals surface area contributed by atoms with E-state index in [-0.39, 0.29) is 18.0 Å². The Labute approximate surface area is 145 Å². The van der Waals surface area contributed by atoms with Crippen molar-refractivity contribution in [1.29, 1.82) is 0 Å². The van der Waals surface area contributed by atoms with Crippen LogP contribution < -0.4 is 10.6 Å². The largest absolute Gasteiger partial charge is 0.452 e. The Hall–Kier alpha value is -3.59. The first-order chi connectivity index (χ1) is 12.1.